The maximum Gasteiger partial charge on any atom is 0.124 e. The molecular weight excluding hydrogens is 501 g/mol. The summed E-state index contributed by atoms with van der Waals surface area (Å²) >= 11 is 0. The molecule has 5 unspecified atom stereocenters. The zero-order valence-electron chi connectivity index (χ0n) is 22.6. The van der Waals surface area contributed by atoms with Crippen molar-refractivity contribution in [3.63, 3.8) is 0 Å². The Hall–Kier alpha value is -3.62. The fourth-order valence-electron chi connectivity index (χ4n) is 7.36. The van der Waals surface area contributed by atoms with Crippen molar-refractivity contribution in [2.75, 3.05) is 28.6 Å². The molecule has 1 aromatic heterocycles. The van der Waals surface area contributed by atoms with E-state index in [1.165, 1.54) is 41.8 Å². The number of fused-ring (bicyclic) bond motifs is 2. The predicted molar refractivity (Wildman–Crippen MR) is 158 cm³/mol. The van der Waals surface area contributed by atoms with Crippen LogP contribution in [0.15, 0.2) is 60.7 Å². The minimum atomic E-state index is -0.206. The Morgan fingerprint density at radius 1 is 0.750 bits per heavy atom. The highest BCUT2D eigenvalue weighted by atomic mass is 19.1. The number of benzene rings is 3. The van der Waals surface area contributed by atoms with E-state index in [2.05, 4.69) is 67.5 Å². The summed E-state index contributed by atoms with van der Waals surface area (Å²) in [6.07, 6.45) is 7.01. The second-order valence-corrected chi connectivity index (χ2v) is 11.8. The third-order valence-electron chi connectivity index (χ3n) is 9.36. The van der Waals surface area contributed by atoms with Crippen molar-refractivity contribution in [2.24, 2.45) is 0 Å². The van der Waals surface area contributed by atoms with Gasteiger partial charge >= 0.3 is 0 Å². The van der Waals surface area contributed by atoms with Crippen LogP contribution in [0.4, 0.5) is 21.5 Å². The molecule has 0 aliphatic carbocycles. The number of nitrogens with zero attached hydrogens (tertiary/aromatic N) is 2. The zero-order valence-corrected chi connectivity index (χ0v) is 22.6. The van der Waals surface area contributed by atoms with Crippen LogP contribution in [0, 0.1) is 5.82 Å². The molecule has 40 heavy (non-hydrogen) atoms. The first kappa shape index (κ1) is 24.2. The Morgan fingerprint density at radius 2 is 1.50 bits per heavy atom. The minimum absolute atomic E-state index is 0.186. The Balaban J connectivity index is 1.12. The van der Waals surface area contributed by atoms with E-state index < -0.39 is 0 Å². The Morgan fingerprint density at radius 3 is 2.27 bits per heavy atom. The summed E-state index contributed by atoms with van der Waals surface area (Å²) in [4.78, 5) is 11.0. The lowest BCUT2D eigenvalue weighted by Gasteiger charge is -2.33. The molecule has 206 valence electrons. The second kappa shape index (κ2) is 9.78. The number of aromatic amines is 1. The first-order valence-corrected chi connectivity index (χ1v) is 14.9. The van der Waals surface area contributed by atoms with Crippen molar-refractivity contribution >= 4 is 28.1 Å². The van der Waals surface area contributed by atoms with Crippen molar-refractivity contribution in [1.82, 2.24) is 20.6 Å². The number of rotatable bonds is 5. The molecular formula is C32H36FN7. The predicted octanol–water partition coefficient (Wildman–Crippen LogP) is 6.12. The SMILES string of the molecule is Fc1ccc(N2C(c3ccc4c(c3)NC(C3CCCN3)N4)CCC2c2ccc3nc(C4CCCN4)[nH]c3c2)cc1. The van der Waals surface area contributed by atoms with E-state index >= 15 is 0 Å². The highest BCUT2D eigenvalue weighted by Gasteiger charge is 2.37. The van der Waals surface area contributed by atoms with Crippen LogP contribution in [0.3, 0.4) is 0 Å². The Bertz CT molecular complexity index is 1520. The van der Waals surface area contributed by atoms with Gasteiger partial charge in [0.25, 0.3) is 0 Å². The lowest BCUT2D eigenvalue weighted by atomic mass is 10.0. The number of nitrogens with one attached hydrogen (secondary N) is 5. The Labute approximate surface area is 234 Å². The number of anilines is 3. The van der Waals surface area contributed by atoms with E-state index in [0.717, 1.165) is 54.9 Å². The molecule has 3 fully saturated rings. The van der Waals surface area contributed by atoms with Crippen LogP contribution in [-0.2, 0) is 0 Å². The van der Waals surface area contributed by atoms with Crippen LogP contribution < -0.4 is 26.2 Å². The number of H-pyrrole nitrogens is 1. The van der Waals surface area contributed by atoms with Crippen molar-refractivity contribution < 1.29 is 4.39 Å². The van der Waals surface area contributed by atoms with E-state index in [1.807, 2.05) is 12.1 Å². The van der Waals surface area contributed by atoms with Gasteiger partial charge in [0, 0.05) is 11.7 Å². The molecule has 4 aliphatic heterocycles. The molecule has 4 aliphatic rings. The maximum atomic E-state index is 14.0. The van der Waals surface area contributed by atoms with Gasteiger partial charge in [0.15, 0.2) is 0 Å². The van der Waals surface area contributed by atoms with Crippen molar-refractivity contribution in [2.45, 2.75) is 68.9 Å². The topological polar surface area (TPSA) is 80.0 Å². The molecule has 0 amide bonds. The number of hydrogen-bond donors (Lipinski definition) is 5. The number of imidazole rings is 1. The molecule has 7 nitrogen and oxygen atoms in total. The summed E-state index contributed by atoms with van der Waals surface area (Å²) in [5.74, 6) is 0.831. The maximum absolute atomic E-state index is 14.0. The third-order valence-corrected chi connectivity index (χ3v) is 9.36. The molecule has 8 rings (SSSR count). The third kappa shape index (κ3) is 4.21. The summed E-state index contributed by atoms with van der Waals surface area (Å²) < 4.78 is 14.0. The van der Waals surface area contributed by atoms with Gasteiger partial charge in [0.2, 0.25) is 0 Å². The first-order valence-electron chi connectivity index (χ1n) is 14.9. The normalized spacial score (nSPS) is 27.7. The van der Waals surface area contributed by atoms with Gasteiger partial charge in [-0.25, -0.2) is 9.37 Å². The summed E-state index contributed by atoms with van der Waals surface area (Å²) in [6.45, 7) is 2.14. The van der Waals surface area contributed by atoms with Gasteiger partial charge in [-0.15, -0.1) is 0 Å². The smallest absolute Gasteiger partial charge is 0.124 e. The minimum Gasteiger partial charge on any atom is -0.362 e. The fraction of sp³-hybridized carbons (Fsp3) is 0.406. The molecule has 0 bridgehead atoms. The molecule has 3 saturated heterocycles. The fourth-order valence-corrected chi connectivity index (χ4v) is 7.36. The van der Waals surface area contributed by atoms with Crippen LogP contribution in [0.5, 0.6) is 0 Å². The van der Waals surface area contributed by atoms with Gasteiger partial charge in [-0.05, 0) is 111 Å². The quantitative estimate of drug-likeness (QED) is 0.211. The average molecular weight is 538 g/mol. The molecule has 8 heteroatoms. The highest BCUT2D eigenvalue weighted by Crippen LogP contribution is 2.48. The van der Waals surface area contributed by atoms with Gasteiger partial charge in [-0.3, -0.25) is 0 Å². The van der Waals surface area contributed by atoms with E-state index in [0.29, 0.717) is 12.1 Å². The summed E-state index contributed by atoms with van der Waals surface area (Å²) in [6, 6.07) is 21.6. The molecule has 4 aromatic rings. The van der Waals surface area contributed by atoms with Crippen LogP contribution in [0.1, 0.15) is 73.6 Å². The summed E-state index contributed by atoms with van der Waals surface area (Å²) in [5, 5.41) is 14.6. The Kier molecular flexibility index (Phi) is 5.92. The number of halogens is 1. The van der Waals surface area contributed by atoms with Crippen LogP contribution in [0.2, 0.25) is 0 Å². The largest absolute Gasteiger partial charge is 0.362 e. The first-order chi connectivity index (χ1) is 19.7. The van der Waals surface area contributed by atoms with E-state index in [-0.39, 0.29) is 24.1 Å². The second-order valence-electron chi connectivity index (χ2n) is 11.8. The van der Waals surface area contributed by atoms with Crippen molar-refractivity contribution in [3.8, 4) is 0 Å². The van der Waals surface area contributed by atoms with Crippen LogP contribution in [0.25, 0.3) is 11.0 Å². The van der Waals surface area contributed by atoms with Gasteiger partial charge in [-0.2, -0.15) is 0 Å². The average Bonchev–Trinajstić information content (AvgIpc) is 3.81. The van der Waals surface area contributed by atoms with Crippen LogP contribution in [-0.4, -0.2) is 35.3 Å². The van der Waals surface area contributed by atoms with E-state index in [9.17, 15) is 4.39 Å². The van der Waals surface area contributed by atoms with Gasteiger partial charge in [-0.1, -0.05) is 12.1 Å². The zero-order chi connectivity index (χ0) is 26.6. The molecule has 0 radical (unpaired) electrons. The van der Waals surface area contributed by atoms with Gasteiger partial charge in [0.1, 0.15) is 17.8 Å². The molecule has 0 spiro atoms. The van der Waals surface area contributed by atoms with Crippen LogP contribution >= 0.6 is 0 Å². The lowest BCUT2D eigenvalue weighted by molar-refractivity contribution is 0.554. The van der Waals surface area contributed by atoms with Gasteiger partial charge in [0.05, 0.1) is 40.5 Å². The number of hydrogen-bond acceptors (Lipinski definition) is 6. The summed E-state index contributed by atoms with van der Waals surface area (Å²) in [5.41, 5.74) is 8.04. The lowest BCUT2D eigenvalue weighted by Crippen LogP contribution is -2.42. The molecule has 5 N–H and O–H groups in total. The van der Waals surface area contributed by atoms with Gasteiger partial charge < -0.3 is 31.2 Å². The number of aromatic nitrogens is 2. The van der Waals surface area contributed by atoms with Crippen molar-refractivity contribution in [1.29, 1.82) is 0 Å². The molecule has 5 heterocycles. The molecule has 0 saturated carbocycles. The van der Waals surface area contributed by atoms with Crippen molar-refractivity contribution in [3.05, 3.63) is 83.4 Å². The van der Waals surface area contributed by atoms with E-state index in [4.69, 9.17) is 4.98 Å². The standard InChI is InChI=1S/C32H36FN7/c33-21-7-9-22(10-8-21)40-29(19-5-11-23-27(17-19)38-31(36-23)25-3-1-15-34-25)13-14-30(40)20-6-12-24-28(18-20)39-32(37-24)26-4-2-16-35-26/h5-12,17-18,25-26,29-31,34-36,38H,1-4,13-16H2,(H,37,39). The summed E-state index contributed by atoms with van der Waals surface area (Å²) in [7, 11) is 0. The monoisotopic (exact) mass is 537 g/mol. The molecule has 5 atom stereocenters. The highest BCUT2D eigenvalue weighted by molar-refractivity contribution is 5.77. The van der Waals surface area contributed by atoms with E-state index in [1.54, 1.807) is 12.1 Å². The molecule has 3 aromatic carbocycles.